The molecule has 0 N–H and O–H groups in total. The summed E-state index contributed by atoms with van der Waals surface area (Å²) in [7, 11) is 0. The molecule has 0 heterocycles. The minimum atomic E-state index is 0.837. The molecule has 0 aromatic heterocycles. The standard InChI is InChI=1S/C12H14.C10H18.C9H12.3C2H6/c1-4-10-7-11(5-2)9-12(6-3)8-10;1-8(2)10-6-4-5-9(3)7-10;1-7-4-5-8(2)9(3)6-7;3*1-2/h4-5,7-9H,1-2,6H2,3H3;9-10H,1,4-7H2,2-3H3;4-6H,1-3H3;3*1-2H3. The van der Waals surface area contributed by atoms with Crippen LogP contribution in [0.25, 0.3) is 12.2 Å². The molecule has 0 amide bonds. The number of rotatable bonds is 4. The molecule has 1 fully saturated rings. The molecule has 2 aromatic carbocycles. The van der Waals surface area contributed by atoms with E-state index in [1.54, 1.807) is 0 Å². The normalized spacial score (nSPS) is 15.0. The van der Waals surface area contributed by atoms with Crippen molar-refractivity contribution in [1.29, 1.82) is 0 Å². The van der Waals surface area contributed by atoms with Gasteiger partial charge in [-0.3, -0.25) is 0 Å². The van der Waals surface area contributed by atoms with Crippen molar-refractivity contribution in [3.63, 3.8) is 0 Å². The van der Waals surface area contributed by atoms with Gasteiger partial charge in [-0.1, -0.05) is 142 Å². The average molecular weight is 507 g/mol. The Morgan fingerprint density at radius 2 is 1.32 bits per heavy atom. The highest BCUT2D eigenvalue weighted by Crippen LogP contribution is 2.32. The van der Waals surface area contributed by atoms with E-state index in [0.29, 0.717) is 0 Å². The fourth-order valence-corrected chi connectivity index (χ4v) is 3.96. The van der Waals surface area contributed by atoms with Crippen LogP contribution < -0.4 is 0 Å². The van der Waals surface area contributed by atoms with Crippen molar-refractivity contribution in [2.75, 3.05) is 0 Å². The molecule has 3 rings (SSSR count). The first kappa shape index (κ1) is 39.2. The van der Waals surface area contributed by atoms with E-state index in [9.17, 15) is 0 Å². The van der Waals surface area contributed by atoms with Crippen LogP contribution in [-0.4, -0.2) is 0 Å². The molecule has 0 saturated heterocycles. The second-order valence-electron chi connectivity index (χ2n) is 9.17. The third kappa shape index (κ3) is 18.5. The molecular weight excluding hydrogens is 444 g/mol. The third-order valence-corrected chi connectivity index (χ3v) is 6.21. The fourth-order valence-electron chi connectivity index (χ4n) is 3.96. The van der Waals surface area contributed by atoms with Gasteiger partial charge in [-0.25, -0.2) is 0 Å². The lowest BCUT2D eigenvalue weighted by Gasteiger charge is -2.26. The van der Waals surface area contributed by atoms with Crippen molar-refractivity contribution in [2.24, 2.45) is 11.8 Å². The largest absolute Gasteiger partial charge is 0.0999 e. The van der Waals surface area contributed by atoms with E-state index in [4.69, 9.17) is 0 Å². The van der Waals surface area contributed by atoms with Crippen LogP contribution in [0.2, 0.25) is 0 Å². The summed E-state index contributed by atoms with van der Waals surface area (Å²) >= 11 is 0. The number of allylic oxidation sites excluding steroid dienone is 1. The molecule has 1 aliphatic rings. The van der Waals surface area contributed by atoms with Gasteiger partial charge in [0.15, 0.2) is 0 Å². The van der Waals surface area contributed by atoms with Crippen molar-refractivity contribution in [3.8, 4) is 0 Å². The van der Waals surface area contributed by atoms with Crippen LogP contribution in [0, 0.1) is 32.6 Å². The van der Waals surface area contributed by atoms with Crippen molar-refractivity contribution < 1.29 is 0 Å². The van der Waals surface area contributed by atoms with Crippen LogP contribution in [0.3, 0.4) is 0 Å². The van der Waals surface area contributed by atoms with E-state index in [0.717, 1.165) is 18.3 Å². The highest BCUT2D eigenvalue weighted by Gasteiger charge is 2.18. The molecule has 2 unspecified atom stereocenters. The lowest BCUT2D eigenvalue weighted by atomic mass is 9.79. The van der Waals surface area contributed by atoms with Crippen LogP contribution in [0.5, 0.6) is 0 Å². The summed E-state index contributed by atoms with van der Waals surface area (Å²) in [5.74, 6) is 1.78. The molecule has 2 atom stereocenters. The predicted molar refractivity (Wildman–Crippen MR) is 177 cm³/mol. The van der Waals surface area contributed by atoms with Crippen LogP contribution in [0.4, 0.5) is 0 Å². The van der Waals surface area contributed by atoms with E-state index < -0.39 is 0 Å². The van der Waals surface area contributed by atoms with E-state index in [1.807, 2.05) is 53.7 Å². The molecule has 0 heteroatoms. The van der Waals surface area contributed by atoms with Crippen LogP contribution in [0.1, 0.15) is 121 Å². The average Bonchev–Trinajstić information content (AvgIpc) is 2.94. The summed E-state index contributed by atoms with van der Waals surface area (Å²) in [6.07, 6.45) is 10.4. The van der Waals surface area contributed by atoms with Gasteiger partial charge in [-0.2, -0.15) is 0 Å². The Morgan fingerprint density at radius 3 is 1.65 bits per heavy atom. The van der Waals surface area contributed by atoms with Crippen LogP contribution in [0.15, 0.2) is 61.7 Å². The van der Waals surface area contributed by atoms with Crippen molar-refractivity contribution in [3.05, 3.63) is 95.1 Å². The first-order valence-electron chi connectivity index (χ1n) is 14.8. The van der Waals surface area contributed by atoms with Gasteiger partial charge in [0.1, 0.15) is 0 Å². The second-order valence-corrected chi connectivity index (χ2v) is 9.17. The van der Waals surface area contributed by atoms with Crippen LogP contribution in [-0.2, 0) is 6.42 Å². The first-order chi connectivity index (χ1) is 17.7. The molecule has 37 heavy (non-hydrogen) atoms. The highest BCUT2D eigenvalue weighted by atomic mass is 14.2. The maximum atomic E-state index is 4.01. The number of benzene rings is 2. The van der Waals surface area contributed by atoms with E-state index in [1.165, 1.54) is 64.6 Å². The van der Waals surface area contributed by atoms with E-state index in [-0.39, 0.29) is 0 Å². The monoisotopic (exact) mass is 506 g/mol. The molecular formula is C37H62. The summed E-state index contributed by atoms with van der Waals surface area (Å²) in [5, 5.41) is 0. The Hall–Kier alpha value is -2.34. The van der Waals surface area contributed by atoms with Gasteiger partial charge in [0.25, 0.3) is 0 Å². The highest BCUT2D eigenvalue weighted by molar-refractivity contribution is 5.57. The lowest BCUT2D eigenvalue weighted by Crippen LogP contribution is -2.13. The Kier molecular flexibility index (Phi) is 26.8. The molecule has 0 nitrogen and oxygen atoms in total. The zero-order chi connectivity index (χ0) is 29.4. The minimum Gasteiger partial charge on any atom is -0.0999 e. The Labute approximate surface area is 234 Å². The van der Waals surface area contributed by atoms with Gasteiger partial charge in [-0.15, -0.1) is 0 Å². The summed E-state index contributed by atoms with van der Waals surface area (Å²) in [6.45, 7) is 36.6. The summed E-state index contributed by atoms with van der Waals surface area (Å²) in [4.78, 5) is 0. The Morgan fingerprint density at radius 1 is 0.811 bits per heavy atom. The Bertz CT molecular complexity index is 826. The third-order valence-electron chi connectivity index (χ3n) is 6.21. The predicted octanol–water partition coefficient (Wildman–Crippen LogP) is 12.6. The molecule has 1 saturated carbocycles. The summed E-state index contributed by atoms with van der Waals surface area (Å²) in [5.41, 5.74) is 9.18. The topological polar surface area (TPSA) is 0 Å². The molecule has 0 spiro atoms. The molecule has 2 aromatic rings. The number of hydrogen-bond acceptors (Lipinski definition) is 0. The van der Waals surface area contributed by atoms with Gasteiger partial charge >= 0.3 is 0 Å². The maximum Gasteiger partial charge on any atom is -0.0206 e. The van der Waals surface area contributed by atoms with E-state index in [2.05, 4.69) is 97.7 Å². The zero-order valence-electron chi connectivity index (χ0n) is 26.9. The van der Waals surface area contributed by atoms with Gasteiger partial charge in [0.05, 0.1) is 0 Å². The number of hydrogen-bond donors (Lipinski definition) is 0. The fraction of sp³-hybridized carbons (Fsp3) is 0.514. The van der Waals surface area contributed by atoms with Gasteiger partial charge in [0, 0.05) is 0 Å². The molecule has 0 radical (unpaired) electrons. The van der Waals surface area contributed by atoms with Crippen molar-refractivity contribution >= 4 is 12.2 Å². The summed E-state index contributed by atoms with van der Waals surface area (Å²) in [6, 6.07) is 12.9. The molecule has 0 aliphatic heterocycles. The minimum absolute atomic E-state index is 0.837. The molecule has 210 valence electrons. The first-order valence-corrected chi connectivity index (χ1v) is 14.8. The van der Waals surface area contributed by atoms with Gasteiger partial charge in [0.2, 0.25) is 0 Å². The number of aryl methyl sites for hydroxylation is 4. The van der Waals surface area contributed by atoms with Gasteiger partial charge in [-0.05, 0) is 92.7 Å². The quantitative estimate of drug-likeness (QED) is 0.362. The zero-order valence-corrected chi connectivity index (χ0v) is 26.9. The van der Waals surface area contributed by atoms with Crippen LogP contribution >= 0.6 is 0 Å². The summed E-state index contributed by atoms with van der Waals surface area (Å²) < 4.78 is 0. The SMILES string of the molecule is C=C(C)C1CCCC(C)C1.C=Cc1cc(C=C)cc(CC)c1.CC.CC.CC.Cc1ccc(C)c(C)c1. The second kappa shape index (κ2) is 25.3. The van der Waals surface area contributed by atoms with Crippen molar-refractivity contribution in [1.82, 2.24) is 0 Å². The smallest absolute Gasteiger partial charge is 0.0206 e. The molecule has 0 bridgehead atoms. The van der Waals surface area contributed by atoms with Gasteiger partial charge < -0.3 is 0 Å². The van der Waals surface area contributed by atoms with Crippen molar-refractivity contribution in [2.45, 2.75) is 115 Å². The molecule has 1 aliphatic carbocycles. The lowest BCUT2D eigenvalue weighted by molar-refractivity contribution is 0.315. The maximum absolute atomic E-state index is 4.01. The Balaban J connectivity index is -0.000000428. The van der Waals surface area contributed by atoms with E-state index >= 15 is 0 Å².